The number of hydrazone groups is 1. The molecule has 0 radical (unpaired) electrons. The van der Waals surface area contributed by atoms with Gasteiger partial charge in [0.15, 0.2) is 6.61 Å². The molecule has 0 unspecified atom stereocenters. The molecule has 5 heteroatoms. The van der Waals surface area contributed by atoms with Gasteiger partial charge in [0.25, 0.3) is 5.91 Å². The van der Waals surface area contributed by atoms with E-state index in [1.165, 1.54) is 11.3 Å². The lowest BCUT2D eigenvalue weighted by molar-refractivity contribution is -0.123. The van der Waals surface area contributed by atoms with Gasteiger partial charge in [-0.3, -0.25) is 4.79 Å². The normalized spacial score (nSPS) is 11.5. The molecule has 1 N–H and O–H groups in total. The predicted octanol–water partition coefficient (Wildman–Crippen LogP) is 4.67. The standard InChI is InChI=1S/C24H33N3O2/c1-7-27(8-2)21-12-9-19(10-13-21)16-25-26-23(28)17-29-22-14-11-20(15-18(22)3)24(4,5)6/h9-16H,7-8,17H2,1-6H3,(H,26,28)/b25-16+. The van der Waals surface area contributed by atoms with Gasteiger partial charge in [0.05, 0.1) is 6.21 Å². The monoisotopic (exact) mass is 395 g/mol. The van der Waals surface area contributed by atoms with Crippen molar-refractivity contribution in [3.63, 3.8) is 0 Å². The summed E-state index contributed by atoms with van der Waals surface area (Å²) >= 11 is 0. The second-order valence-corrected chi connectivity index (χ2v) is 8.08. The second kappa shape index (κ2) is 10.1. The lowest BCUT2D eigenvalue weighted by Gasteiger charge is -2.20. The van der Waals surface area contributed by atoms with Gasteiger partial charge in [0, 0.05) is 18.8 Å². The number of amides is 1. The largest absolute Gasteiger partial charge is 0.483 e. The number of hydrogen-bond donors (Lipinski definition) is 1. The minimum atomic E-state index is -0.291. The van der Waals surface area contributed by atoms with Crippen LogP contribution in [0.3, 0.4) is 0 Å². The number of benzene rings is 2. The van der Waals surface area contributed by atoms with E-state index >= 15 is 0 Å². The molecule has 0 aromatic heterocycles. The molecule has 2 aromatic rings. The third-order valence-electron chi connectivity index (χ3n) is 4.82. The highest BCUT2D eigenvalue weighted by Gasteiger charge is 2.15. The minimum Gasteiger partial charge on any atom is -0.483 e. The van der Waals surface area contributed by atoms with Crippen LogP contribution in [0.25, 0.3) is 0 Å². The molecular weight excluding hydrogens is 362 g/mol. The molecule has 0 spiro atoms. The highest BCUT2D eigenvalue weighted by molar-refractivity contribution is 5.83. The summed E-state index contributed by atoms with van der Waals surface area (Å²) < 4.78 is 5.64. The van der Waals surface area contributed by atoms with Crippen molar-refractivity contribution in [2.45, 2.75) is 47.0 Å². The molecule has 0 aliphatic carbocycles. The van der Waals surface area contributed by atoms with Crippen LogP contribution in [0.1, 0.15) is 51.3 Å². The molecule has 1 amide bonds. The van der Waals surface area contributed by atoms with Crippen LogP contribution in [0.2, 0.25) is 0 Å². The second-order valence-electron chi connectivity index (χ2n) is 8.08. The Labute approximate surface area is 174 Å². The maximum Gasteiger partial charge on any atom is 0.277 e. The summed E-state index contributed by atoms with van der Waals surface area (Å²) in [5, 5.41) is 4.02. The molecule has 0 saturated carbocycles. The van der Waals surface area contributed by atoms with Crippen molar-refractivity contribution in [2.24, 2.45) is 5.10 Å². The average Bonchev–Trinajstić information content (AvgIpc) is 2.68. The molecule has 156 valence electrons. The maximum atomic E-state index is 12.0. The molecule has 0 fully saturated rings. The first-order chi connectivity index (χ1) is 13.7. The SMILES string of the molecule is CCN(CC)c1ccc(/C=N/NC(=O)COc2ccc(C(C)(C)C)cc2C)cc1. The van der Waals surface area contributed by atoms with Crippen molar-refractivity contribution in [3.8, 4) is 5.75 Å². The van der Waals surface area contributed by atoms with E-state index in [0.717, 1.165) is 24.2 Å². The Hall–Kier alpha value is -2.82. The smallest absolute Gasteiger partial charge is 0.277 e. The summed E-state index contributed by atoms with van der Waals surface area (Å²) in [6.45, 7) is 14.6. The summed E-state index contributed by atoms with van der Waals surface area (Å²) in [6, 6.07) is 14.2. The Bertz CT molecular complexity index is 832. The lowest BCUT2D eigenvalue weighted by Crippen LogP contribution is -2.25. The highest BCUT2D eigenvalue weighted by Crippen LogP contribution is 2.27. The molecule has 0 bridgehead atoms. The van der Waals surface area contributed by atoms with Gasteiger partial charge in [-0.1, -0.05) is 45.0 Å². The summed E-state index contributed by atoms with van der Waals surface area (Å²) in [4.78, 5) is 14.3. The Balaban J connectivity index is 1.85. The van der Waals surface area contributed by atoms with Crippen molar-refractivity contribution in [3.05, 3.63) is 59.2 Å². The quantitative estimate of drug-likeness (QED) is 0.522. The van der Waals surface area contributed by atoms with Crippen molar-refractivity contribution >= 4 is 17.8 Å². The van der Waals surface area contributed by atoms with Crippen LogP contribution in [0.5, 0.6) is 5.75 Å². The van der Waals surface area contributed by atoms with E-state index in [2.05, 4.69) is 68.2 Å². The third kappa shape index (κ3) is 6.63. The van der Waals surface area contributed by atoms with E-state index in [4.69, 9.17) is 4.74 Å². The number of ether oxygens (including phenoxy) is 1. The van der Waals surface area contributed by atoms with E-state index in [1.807, 2.05) is 31.2 Å². The Morgan fingerprint density at radius 3 is 2.31 bits per heavy atom. The van der Waals surface area contributed by atoms with Gasteiger partial charge in [-0.05, 0) is 61.1 Å². The van der Waals surface area contributed by atoms with Gasteiger partial charge >= 0.3 is 0 Å². The van der Waals surface area contributed by atoms with E-state index in [-0.39, 0.29) is 17.9 Å². The number of carbonyl (C=O) groups is 1. The van der Waals surface area contributed by atoms with E-state index in [0.29, 0.717) is 5.75 Å². The van der Waals surface area contributed by atoms with Crippen molar-refractivity contribution in [2.75, 3.05) is 24.6 Å². The molecule has 2 aromatic carbocycles. The fraction of sp³-hybridized carbons (Fsp3) is 0.417. The Morgan fingerprint density at radius 2 is 1.76 bits per heavy atom. The fourth-order valence-corrected chi connectivity index (χ4v) is 2.99. The number of nitrogens with zero attached hydrogens (tertiary/aromatic N) is 2. The first-order valence-corrected chi connectivity index (χ1v) is 10.2. The summed E-state index contributed by atoms with van der Waals surface area (Å²) in [6.07, 6.45) is 1.63. The van der Waals surface area contributed by atoms with Gasteiger partial charge in [-0.25, -0.2) is 5.43 Å². The summed E-state index contributed by atoms with van der Waals surface area (Å²) in [5.74, 6) is 0.421. The van der Waals surface area contributed by atoms with Gasteiger partial charge in [0.1, 0.15) is 5.75 Å². The molecular formula is C24H33N3O2. The Kier molecular flexibility index (Phi) is 7.82. The fourth-order valence-electron chi connectivity index (χ4n) is 2.99. The molecule has 0 aliphatic heterocycles. The molecule has 2 rings (SSSR count). The van der Waals surface area contributed by atoms with Crippen molar-refractivity contribution in [1.29, 1.82) is 0 Å². The van der Waals surface area contributed by atoms with Gasteiger partial charge in [0.2, 0.25) is 0 Å². The van der Waals surface area contributed by atoms with Crippen molar-refractivity contribution < 1.29 is 9.53 Å². The average molecular weight is 396 g/mol. The third-order valence-corrected chi connectivity index (χ3v) is 4.82. The zero-order valence-corrected chi connectivity index (χ0v) is 18.5. The maximum absolute atomic E-state index is 12.0. The van der Waals surface area contributed by atoms with Gasteiger partial charge in [-0.2, -0.15) is 5.10 Å². The number of rotatable bonds is 8. The van der Waals surface area contributed by atoms with Gasteiger partial charge < -0.3 is 9.64 Å². The lowest BCUT2D eigenvalue weighted by atomic mass is 9.86. The molecule has 5 nitrogen and oxygen atoms in total. The first-order valence-electron chi connectivity index (χ1n) is 10.2. The first kappa shape index (κ1) is 22.5. The van der Waals surface area contributed by atoms with Crippen LogP contribution in [0.15, 0.2) is 47.6 Å². The van der Waals surface area contributed by atoms with Crippen LogP contribution in [-0.2, 0) is 10.2 Å². The van der Waals surface area contributed by atoms with Gasteiger partial charge in [-0.15, -0.1) is 0 Å². The number of anilines is 1. The summed E-state index contributed by atoms with van der Waals surface area (Å²) in [5.41, 5.74) is 6.95. The van der Waals surface area contributed by atoms with Crippen LogP contribution in [0, 0.1) is 6.92 Å². The van der Waals surface area contributed by atoms with E-state index < -0.39 is 0 Å². The number of nitrogens with one attached hydrogen (secondary N) is 1. The highest BCUT2D eigenvalue weighted by atomic mass is 16.5. The molecule has 0 atom stereocenters. The molecule has 0 saturated heterocycles. The molecule has 29 heavy (non-hydrogen) atoms. The van der Waals surface area contributed by atoms with E-state index in [1.54, 1.807) is 6.21 Å². The van der Waals surface area contributed by atoms with E-state index in [9.17, 15) is 4.79 Å². The zero-order chi connectivity index (χ0) is 21.4. The molecule has 0 heterocycles. The number of carbonyl (C=O) groups excluding carboxylic acids is 1. The van der Waals surface area contributed by atoms with Crippen molar-refractivity contribution in [1.82, 2.24) is 5.43 Å². The number of hydrogen-bond acceptors (Lipinski definition) is 4. The van der Waals surface area contributed by atoms with Crippen LogP contribution in [-0.4, -0.2) is 31.8 Å². The predicted molar refractivity (Wildman–Crippen MR) is 121 cm³/mol. The zero-order valence-electron chi connectivity index (χ0n) is 18.5. The molecule has 0 aliphatic rings. The van der Waals surface area contributed by atoms with Crippen LogP contribution < -0.4 is 15.1 Å². The minimum absolute atomic E-state index is 0.0755. The summed E-state index contributed by atoms with van der Waals surface area (Å²) in [7, 11) is 0. The van der Waals surface area contributed by atoms with Crippen LogP contribution in [0.4, 0.5) is 5.69 Å². The topological polar surface area (TPSA) is 53.9 Å². The number of aryl methyl sites for hydroxylation is 1. The van der Waals surface area contributed by atoms with Crippen LogP contribution >= 0.6 is 0 Å². The Morgan fingerprint density at radius 1 is 1.10 bits per heavy atom.